The summed E-state index contributed by atoms with van der Waals surface area (Å²) < 4.78 is 11.1. The molecule has 0 aliphatic carbocycles. The number of nitrogens with one attached hydrogen (secondary N) is 2. The fourth-order valence-corrected chi connectivity index (χ4v) is 3.41. The maximum Gasteiger partial charge on any atom is 0.257 e. The second-order valence-electron chi connectivity index (χ2n) is 6.70. The van der Waals surface area contributed by atoms with Crippen LogP contribution in [0.15, 0.2) is 42.7 Å². The normalized spacial score (nSPS) is 16.6. The molecule has 0 radical (unpaired) electrons. The van der Waals surface area contributed by atoms with Crippen molar-refractivity contribution in [1.29, 1.82) is 0 Å². The van der Waals surface area contributed by atoms with E-state index in [2.05, 4.69) is 32.7 Å². The van der Waals surface area contributed by atoms with Crippen LogP contribution in [-0.2, 0) is 11.3 Å². The molecule has 1 amide bonds. The first kappa shape index (κ1) is 22.9. The summed E-state index contributed by atoms with van der Waals surface area (Å²) in [7, 11) is 1.61. The molecule has 1 aromatic heterocycles. The van der Waals surface area contributed by atoms with Crippen molar-refractivity contribution in [2.75, 3.05) is 39.9 Å². The largest absolute Gasteiger partial charge is 0.493 e. The molecule has 1 atom stereocenters. The molecule has 0 spiro atoms. The van der Waals surface area contributed by atoms with Crippen LogP contribution in [0.25, 0.3) is 0 Å². The highest BCUT2D eigenvalue weighted by Gasteiger charge is 2.24. The lowest BCUT2D eigenvalue weighted by molar-refractivity contribution is -0.123. The number of amides is 1. The Morgan fingerprint density at radius 1 is 1.28 bits per heavy atom. The summed E-state index contributed by atoms with van der Waals surface area (Å²) in [5.41, 5.74) is 2.40. The van der Waals surface area contributed by atoms with E-state index in [1.165, 1.54) is 5.56 Å². The number of likely N-dealkylation sites (N-methyl/N-ethyl adjacent to an activating group) is 1. The first-order valence-electron chi connectivity index (χ1n) is 9.62. The van der Waals surface area contributed by atoms with Crippen LogP contribution in [-0.4, -0.2) is 55.7 Å². The summed E-state index contributed by atoms with van der Waals surface area (Å²) in [4.78, 5) is 18.2. The van der Waals surface area contributed by atoms with Gasteiger partial charge in [-0.2, -0.15) is 0 Å². The molecule has 8 heteroatoms. The third kappa shape index (κ3) is 6.32. The third-order valence-corrected chi connectivity index (χ3v) is 4.79. The van der Waals surface area contributed by atoms with E-state index >= 15 is 0 Å². The monoisotopic (exact) mass is 420 g/mol. The van der Waals surface area contributed by atoms with Crippen LogP contribution in [0, 0.1) is 0 Å². The number of nitrogens with zero attached hydrogens (tertiary/aromatic N) is 2. The molecule has 0 saturated carbocycles. The predicted molar refractivity (Wildman–Crippen MR) is 115 cm³/mol. The molecule has 7 nitrogen and oxygen atoms in total. The van der Waals surface area contributed by atoms with Crippen molar-refractivity contribution in [2.45, 2.75) is 19.5 Å². The molecular formula is C21H29ClN4O3. The number of ether oxygens (including phenoxy) is 2. The van der Waals surface area contributed by atoms with Gasteiger partial charge in [0.25, 0.3) is 5.91 Å². The summed E-state index contributed by atoms with van der Waals surface area (Å²) in [6.45, 7) is 6.09. The minimum absolute atomic E-state index is 0. The fraction of sp³-hybridized carbons (Fsp3) is 0.429. The van der Waals surface area contributed by atoms with E-state index in [4.69, 9.17) is 9.47 Å². The van der Waals surface area contributed by atoms with Gasteiger partial charge in [-0.15, -0.1) is 12.4 Å². The second kappa shape index (κ2) is 11.6. The predicted octanol–water partition coefficient (Wildman–Crippen LogP) is 2.17. The van der Waals surface area contributed by atoms with Crippen molar-refractivity contribution in [2.24, 2.45) is 0 Å². The SMILES string of the molecule is CCNC(=O)COc1ccc(CN2CCNCC2c2ccncc2)cc1OC.Cl. The zero-order valence-corrected chi connectivity index (χ0v) is 17.7. The minimum Gasteiger partial charge on any atom is -0.493 e. The van der Waals surface area contributed by atoms with Gasteiger partial charge in [-0.3, -0.25) is 14.7 Å². The van der Waals surface area contributed by atoms with Gasteiger partial charge in [0.2, 0.25) is 0 Å². The number of hydrogen-bond acceptors (Lipinski definition) is 6. The zero-order chi connectivity index (χ0) is 19.8. The van der Waals surface area contributed by atoms with Gasteiger partial charge < -0.3 is 20.1 Å². The lowest BCUT2D eigenvalue weighted by Gasteiger charge is -2.36. The third-order valence-electron chi connectivity index (χ3n) is 4.79. The molecule has 2 heterocycles. The summed E-state index contributed by atoms with van der Waals surface area (Å²) in [6, 6.07) is 10.3. The summed E-state index contributed by atoms with van der Waals surface area (Å²) in [6.07, 6.45) is 3.68. The van der Waals surface area contributed by atoms with Crippen molar-refractivity contribution in [3.63, 3.8) is 0 Å². The van der Waals surface area contributed by atoms with Gasteiger partial charge in [-0.25, -0.2) is 0 Å². The topological polar surface area (TPSA) is 75.7 Å². The quantitative estimate of drug-likeness (QED) is 0.681. The minimum atomic E-state index is -0.144. The Labute approximate surface area is 178 Å². The highest BCUT2D eigenvalue weighted by Crippen LogP contribution is 2.30. The van der Waals surface area contributed by atoms with E-state index < -0.39 is 0 Å². The Morgan fingerprint density at radius 3 is 2.79 bits per heavy atom. The van der Waals surface area contributed by atoms with Gasteiger partial charge in [0.05, 0.1) is 7.11 Å². The van der Waals surface area contributed by atoms with Gasteiger partial charge in [0, 0.05) is 51.2 Å². The van der Waals surface area contributed by atoms with E-state index in [9.17, 15) is 4.79 Å². The van der Waals surface area contributed by atoms with E-state index in [1.54, 1.807) is 7.11 Å². The fourth-order valence-electron chi connectivity index (χ4n) is 3.41. The van der Waals surface area contributed by atoms with E-state index in [1.807, 2.05) is 37.5 Å². The van der Waals surface area contributed by atoms with Crippen LogP contribution in [0.2, 0.25) is 0 Å². The number of rotatable bonds is 8. The highest BCUT2D eigenvalue weighted by atomic mass is 35.5. The standard InChI is InChI=1S/C21H28N4O3.ClH/c1-3-24-21(26)15-28-19-5-4-16(12-20(19)27-2)14-25-11-10-23-13-18(25)17-6-8-22-9-7-17;/h4-9,12,18,23H,3,10-11,13-15H2,1-2H3,(H,24,26);1H. The molecule has 1 unspecified atom stereocenters. The van der Waals surface area contributed by atoms with Crippen molar-refractivity contribution in [1.82, 2.24) is 20.5 Å². The van der Waals surface area contributed by atoms with Crippen molar-refractivity contribution in [3.8, 4) is 11.5 Å². The lowest BCUT2D eigenvalue weighted by atomic mass is 10.0. The maximum absolute atomic E-state index is 11.6. The van der Waals surface area contributed by atoms with E-state index in [-0.39, 0.29) is 24.9 Å². The smallest absolute Gasteiger partial charge is 0.257 e. The Hall–Kier alpha value is -2.35. The van der Waals surface area contributed by atoms with E-state index in [0.29, 0.717) is 24.1 Å². The van der Waals surface area contributed by atoms with Crippen LogP contribution >= 0.6 is 12.4 Å². The molecule has 1 aliphatic rings. The molecule has 1 aliphatic heterocycles. The number of methoxy groups -OCH3 is 1. The second-order valence-corrected chi connectivity index (χ2v) is 6.70. The summed E-state index contributed by atoms with van der Waals surface area (Å²) >= 11 is 0. The van der Waals surface area contributed by atoms with E-state index in [0.717, 1.165) is 31.7 Å². The molecule has 1 fully saturated rings. The molecule has 3 rings (SSSR count). The number of carbonyl (C=O) groups is 1. The van der Waals surface area contributed by atoms with Gasteiger partial charge in [0.15, 0.2) is 18.1 Å². The number of benzene rings is 1. The zero-order valence-electron chi connectivity index (χ0n) is 16.9. The average Bonchev–Trinajstić information content (AvgIpc) is 2.74. The Balaban J connectivity index is 0.00000300. The molecule has 1 saturated heterocycles. The van der Waals surface area contributed by atoms with Gasteiger partial charge in [0.1, 0.15) is 0 Å². The Morgan fingerprint density at radius 2 is 2.07 bits per heavy atom. The first-order chi connectivity index (χ1) is 13.7. The summed E-state index contributed by atoms with van der Waals surface area (Å²) in [5.74, 6) is 1.07. The number of carbonyl (C=O) groups excluding carboxylic acids is 1. The molecule has 2 N–H and O–H groups in total. The van der Waals surface area contributed by atoms with Crippen LogP contribution in [0.3, 0.4) is 0 Å². The number of pyridine rings is 1. The van der Waals surface area contributed by atoms with Crippen LogP contribution in [0.5, 0.6) is 11.5 Å². The van der Waals surface area contributed by atoms with Gasteiger partial charge in [-0.05, 0) is 42.3 Å². The average molecular weight is 421 g/mol. The highest BCUT2D eigenvalue weighted by molar-refractivity contribution is 5.85. The Kier molecular flexibility index (Phi) is 9.18. The number of hydrogen-bond donors (Lipinski definition) is 2. The molecule has 158 valence electrons. The lowest BCUT2D eigenvalue weighted by Crippen LogP contribution is -2.45. The van der Waals surface area contributed by atoms with Crippen LogP contribution in [0.4, 0.5) is 0 Å². The van der Waals surface area contributed by atoms with Crippen molar-refractivity contribution >= 4 is 18.3 Å². The maximum atomic E-state index is 11.6. The van der Waals surface area contributed by atoms with Gasteiger partial charge >= 0.3 is 0 Å². The molecule has 0 bridgehead atoms. The van der Waals surface area contributed by atoms with Gasteiger partial charge in [-0.1, -0.05) is 6.07 Å². The van der Waals surface area contributed by atoms with Crippen molar-refractivity contribution < 1.29 is 14.3 Å². The molecule has 29 heavy (non-hydrogen) atoms. The number of aromatic nitrogens is 1. The van der Waals surface area contributed by atoms with Crippen LogP contribution < -0.4 is 20.1 Å². The molecule has 2 aromatic rings. The number of halogens is 1. The first-order valence-corrected chi connectivity index (χ1v) is 9.62. The summed E-state index contributed by atoms with van der Waals surface area (Å²) in [5, 5.41) is 6.19. The Bertz CT molecular complexity index is 776. The number of piperazine rings is 1. The van der Waals surface area contributed by atoms with Crippen molar-refractivity contribution in [3.05, 3.63) is 53.9 Å². The molecular weight excluding hydrogens is 392 g/mol. The molecule has 1 aromatic carbocycles. The van der Waals surface area contributed by atoms with Crippen LogP contribution in [0.1, 0.15) is 24.1 Å².